The minimum atomic E-state index is -2.18. The molecule has 0 amide bonds. The van der Waals surface area contributed by atoms with Gasteiger partial charge in [-0.1, -0.05) is 51.1 Å². The van der Waals surface area contributed by atoms with Crippen molar-refractivity contribution in [1.29, 1.82) is 0 Å². The number of carbonyl (C=O) groups excluding carboxylic acids is 2. The number of piperidine rings is 1. The average Bonchev–Trinajstić information content (AvgIpc) is 3.84. The van der Waals surface area contributed by atoms with E-state index < -0.39 is 46.1 Å². The van der Waals surface area contributed by atoms with E-state index in [4.69, 9.17) is 14.2 Å². The molecule has 3 fully saturated rings. The van der Waals surface area contributed by atoms with Gasteiger partial charge in [0, 0.05) is 90.3 Å². The van der Waals surface area contributed by atoms with E-state index in [0.29, 0.717) is 19.4 Å². The minimum absolute atomic E-state index is 0.103. The predicted molar refractivity (Wildman–Crippen MR) is 212 cm³/mol. The summed E-state index contributed by atoms with van der Waals surface area (Å²) in [5.41, 5.74) is 2.06. The average molecular weight is 755 g/mol. The molecule has 8 rings (SSSR count). The Morgan fingerprint density at radius 1 is 1.05 bits per heavy atom. The van der Waals surface area contributed by atoms with Gasteiger partial charge < -0.3 is 39.2 Å². The van der Waals surface area contributed by atoms with Crippen LogP contribution in [0.25, 0.3) is 10.9 Å². The fourth-order valence-corrected chi connectivity index (χ4v) is 12.1. The highest BCUT2D eigenvalue weighted by atomic mass is 16.6. The largest absolute Gasteiger partial charge is 0.496 e. The van der Waals surface area contributed by atoms with Gasteiger partial charge in [-0.25, -0.2) is 4.79 Å². The lowest BCUT2D eigenvalue weighted by atomic mass is 9.47. The van der Waals surface area contributed by atoms with Crippen molar-refractivity contribution in [1.82, 2.24) is 14.8 Å². The molecule has 1 spiro atoms. The summed E-state index contributed by atoms with van der Waals surface area (Å²) in [5.74, 6) is -0.739. The van der Waals surface area contributed by atoms with Gasteiger partial charge in [0.1, 0.15) is 5.75 Å². The third-order valence-corrected chi connectivity index (χ3v) is 14.5. The molecule has 0 bridgehead atoms. The Labute approximate surface area is 324 Å². The SMILES string of the molecule is CCC1(O)CCCN(CCc2c([C@@H](C)c3cc4c(cc3OC)N(C)[C@H]3[C@@](O)(C(=O)OC)[C@H](OC(C)=O)[C@]5(CC)C=CCN6CC[C@]43[C@@H]65)[nH]c3ccccc23)C1. The van der Waals surface area contributed by atoms with E-state index in [1.54, 1.807) is 7.11 Å². The van der Waals surface area contributed by atoms with Gasteiger partial charge in [0.15, 0.2) is 6.10 Å². The number of likely N-dealkylation sites (N-methyl/N-ethyl adjacent to an activating group) is 1. The number of aromatic amines is 1. The summed E-state index contributed by atoms with van der Waals surface area (Å²) >= 11 is 0. The Morgan fingerprint density at radius 3 is 2.55 bits per heavy atom. The summed E-state index contributed by atoms with van der Waals surface area (Å²) in [5, 5.41) is 25.5. The van der Waals surface area contributed by atoms with Crippen molar-refractivity contribution in [3.63, 3.8) is 0 Å². The van der Waals surface area contributed by atoms with Gasteiger partial charge in [-0.15, -0.1) is 0 Å². The first kappa shape index (κ1) is 38.0. The van der Waals surface area contributed by atoms with Crippen LogP contribution in [-0.2, 0) is 30.9 Å². The minimum Gasteiger partial charge on any atom is -0.496 e. The second kappa shape index (κ2) is 13.6. The fraction of sp³-hybridized carbons (Fsp3) is 0.591. The number of nitrogens with zero attached hydrogens (tertiary/aromatic N) is 3. The van der Waals surface area contributed by atoms with Gasteiger partial charge in [0.25, 0.3) is 0 Å². The lowest BCUT2D eigenvalue weighted by molar-refractivity contribution is -0.228. The molecule has 55 heavy (non-hydrogen) atoms. The number of carbonyl (C=O) groups is 2. The molecule has 1 aliphatic carbocycles. The van der Waals surface area contributed by atoms with Crippen LogP contribution in [0.3, 0.4) is 0 Å². The number of para-hydroxylation sites is 1. The van der Waals surface area contributed by atoms with Crippen LogP contribution in [0.15, 0.2) is 48.6 Å². The topological polar surface area (TPSA) is 128 Å². The van der Waals surface area contributed by atoms with E-state index in [9.17, 15) is 19.8 Å². The third kappa shape index (κ3) is 5.36. The van der Waals surface area contributed by atoms with Gasteiger partial charge in [-0.3, -0.25) is 9.69 Å². The molecule has 1 aromatic heterocycles. The van der Waals surface area contributed by atoms with E-state index in [-0.39, 0.29) is 12.0 Å². The molecule has 1 saturated carbocycles. The second-order valence-electron chi connectivity index (χ2n) is 17.0. The molecule has 5 aliphatic rings. The number of hydrogen-bond acceptors (Lipinski definition) is 10. The first-order valence-corrected chi connectivity index (χ1v) is 20.2. The van der Waals surface area contributed by atoms with Crippen LogP contribution in [0.4, 0.5) is 5.69 Å². The Morgan fingerprint density at radius 2 is 1.84 bits per heavy atom. The molecule has 11 nitrogen and oxygen atoms in total. The number of likely N-dealkylation sites (tertiary alicyclic amines) is 1. The van der Waals surface area contributed by atoms with E-state index in [0.717, 1.165) is 85.6 Å². The molecule has 3 N–H and O–H groups in total. The van der Waals surface area contributed by atoms with Crippen molar-refractivity contribution < 1.29 is 34.0 Å². The monoisotopic (exact) mass is 754 g/mol. The maximum Gasteiger partial charge on any atom is 0.344 e. The molecular formula is C44H58N4O7. The van der Waals surface area contributed by atoms with Crippen LogP contribution in [0.5, 0.6) is 5.75 Å². The highest BCUT2D eigenvalue weighted by molar-refractivity contribution is 5.88. The number of fused-ring (bicyclic) bond motifs is 2. The number of aliphatic hydroxyl groups is 2. The first-order chi connectivity index (χ1) is 26.3. The van der Waals surface area contributed by atoms with Crippen LogP contribution in [0.1, 0.15) is 88.1 Å². The number of β-amino-alcohol motifs (C(OH)–C–C–N with tert-alkyl or cyclic N) is 1. The zero-order valence-corrected chi connectivity index (χ0v) is 33.5. The number of methoxy groups -OCH3 is 2. The molecule has 11 heteroatoms. The Bertz CT molecular complexity index is 2030. The Kier molecular flexibility index (Phi) is 9.42. The van der Waals surface area contributed by atoms with Crippen molar-refractivity contribution in [2.75, 3.05) is 58.9 Å². The summed E-state index contributed by atoms with van der Waals surface area (Å²) in [7, 11) is 4.91. The van der Waals surface area contributed by atoms with E-state index >= 15 is 0 Å². The zero-order chi connectivity index (χ0) is 39.1. The molecule has 5 heterocycles. The van der Waals surface area contributed by atoms with Crippen molar-refractivity contribution >= 4 is 28.5 Å². The number of nitrogens with one attached hydrogen (secondary N) is 1. The number of benzene rings is 2. The predicted octanol–water partition coefficient (Wildman–Crippen LogP) is 5.05. The Hall–Kier alpha value is -3.90. The van der Waals surface area contributed by atoms with Crippen LogP contribution >= 0.6 is 0 Å². The number of aromatic nitrogens is 1. The molecule has 1 unspecified atom stereocenters. The highest BCUT2D eigenvalue weighted by Crippen LogP contribution is 2.68. The number of rotatable bonds is 10. The highest BCUT2D eigenvalue weighted by Gasteiger charge is 2.80. The molecule has 0 radical (unpaired) electrons. The lowest BCUT2D eigenvalue weighted by Crippen LogP contribution is -2.81. The molecule has 3 aromatic rings. The number of H-pyrrole nitrogens is 1. The normalized spacial score (nSPS) is 33.3. The zero-order valence-electron chi connectivity index (χ0n) is 33.5. The lowest BCUT2D eigenvalue weighted by Gasteiger charge is -2.63. The smallest absolute Gasteiger partial charge is 0.344 e. The number of esters is 2. The van der Waals surface area contributed by atoms with E-state index in [2.05, 4.69) is 84.1 Å². The first-order valence-electron chi connectivity index (χ1n) is 20.2. The molecule has 8 atom stereocenters. The maximum absolute atomic E-state index is 14.2. The van der Waals surface area contributed by atoms with Gasteiger partial charge in [-0.05, 0) is 74.9 Å². The molecular weight excluding hydrogens is 697 g/mol. The van der Waals surface area contributed by atoms with Crippen LogP contribution in [0.2, 0.25) is 0 Å². The molecule has 296 valence electrons. The summed E-state index contributed by atoms with van der Waals surface area (Å²) in [6.45, 7) is 11.7. The quantitative estimate of drug-likeness (QED) is 0.191. The maximum atomic E-state index is 14.2. The third-order valence-electron chi connectivity index (χ3n) is 14.5. The van der Waals surface area contributed by atoms with E-state index in [1.807, 2.05) is 11.9 Å². The summed E-state index contributed by atoms with van der Waals surface area (Å²) in [6.07, 6.45) is 7.69. The van der Waals surface area contributed by atoms with Crippen molar-refractivity contribution in [2.24, 2.45) is 5.41 Å². The van der Waals surface area contributed by atoms with Crippen molar-refractivity contribution in [2.45, 2.75) is 107 Å². The number of anilines is 1. The van der Waals surface area contributed by atoms with Gasteiger partial charge in [-0.2, -0.15) is 0 Å². The van der Waals surface area contributed by atoms with E-state index in [1.165, 1.54) is 25.0 Å². The summed E-state index contributed by atoms with van der Waals surface area (Å²) < 4.78 is 17.8. The second-order valence-corrected chi connectivity index (χ2v) is 17.0. The van der Waals surface area contributed by atoms with Crippen molar-refractivity contribution in [3.8, 4) is 5.75 Å². The fourth-order valence-electron chi connectivity index (χ4n) is 12.1. The molecule has 2 aromatic carbocycles. The number of ether oxygens (including phenoxy) is 3. The van der Waals surface area contributed by atoms with Gasteiger partial charge in [0.2, 0.25) is 5.60 Å². The van der Waals surface area contributed by atoms with Crippen LogP contribution < -0.4 is 9.64 Å². The standard InChI is InChI=1S/C44H58N4O7/c1-8-41(51)17-12-20-47(26-41)22-16-30-29-14-10-11-15-33(29)45-36(30)27(3)31-24-32-34(25-35(31)53-6)46(5)38-43(32)19-23-48-21-13-18-42(9-2,37(43)48)39(55-28(4)49)44(38,52)40(50)54-7/h10-11,13-15,18,24-25,27,37-39,45,51-52H,8-9,12,16-17,19-23,26H2,1-7H3/t27-,37-,38+,39+,41?,42+,43+,44-/m0/s1. The van der Waals surface area contributed by atoms with Crippen LogP contribution in [-0.4, -0.2) is 120 Å². The van der Waals surface area contributed by atoms with Crippen LogP contribution in [0, 0.1) is 5.41 Å². The van der Waals surface area contributed by atoms with Crippen molar-refractivity contribution in [3.05, 3.63) is 70.9 Å². The summed E-state index contributed by atoms with van der Waals surface area (Å²) in [6, 6.07) is 11.9. The summed E-state index contributed by atoms with van der Waals surface area (Å²) in [4.78, 5) is 37.7. The number of hydrogen-bond donors (Lipinski definition) is 3. The molecule has 2 saturated heterocycles. The molecule has 4 aliphatic heterocycles. The Balaban J connectivity index is 1.28. The van der Waals surface area contributed by atoms with Gasteiger partial charge >= 0.3 is 11.9 Å². The van der Waals surface area contributed by atoms with Gasteiger partial charge in [0.05, 0.1) is 25.9 Å².